The van der Waals surface area contributed by atoms with Crippen molar-refractivity contribution in [2.24, 2.45) is 4.99 Å². The monoisotopic (exact) mass is 516 g/mol. The zero-order valence-corrected chi connectivity index (χ0v) is 20.1. The molecule has 1 aromatic rings. The van der Waals surface area contributed by atoms with E-state index in [1.807, 2.05) is 27.0 Å². The molecule has 0 bridgehead atoms. The van der Waals surface area contributed by atoms with Gasteiger partial charge in [-0.25, -0.2) is 9.78 Å². The van der Waals surface area contributed by atoms with E-state index in [0.29, 0.717) is 19.6 Å². The van der Waals surface area contributed by atoms with Gasteiger partial charge in [-0.05, 0) is 45.2 Å². The van der Waals surface area contributed by atoms with Gasteiger partial charge in [-0.15, -0.1) is 24.0 Å². The molecule has 0 unspecified atom stereocenters. The highest BCUT2D eigenvalue weighted by Gasteiger charge is 2.34. The summed E-state index contributed by atoms with van der Waals surface area (Å²) < 4.78 is 5.38. The molecule has 0 aliphatic carbocycles. The molecule has 2 fully saturated rings. The van der Waals surface area contributed by atoms with Gasteiger partial charge < -0.3 is 25.2 Å². The molecule has 2 aliphatic rings. The number of nitrogens with zero attached hydrogens (tertiary/aromatic N) is 4. The highest BCUT2D eigenvalue weighted by Crippen LogP contribution is 2.18. The van der Waals surface area contributed by atoms with Crippen LogP contribution in [-0.4, -0.2) is 66.8 Å². The lowest BCUT2D eigenvalue weighted by Gasteiger charge is -2.40. The van der Waals surface area contributed by atoms with E-state index < -0.39 is 5.60 Å². The second-order valence-corrected chi connectivity index (χ2v) is 8.37. The van der Waals surface area contributed by atoms with Crippen LogP contribution < -0.4 is 15.5 Å². The number of ether oxygens (including phenoxy) is 1. The predicted molar refractivity (Wildman–Crippen MR) is 126 cm³/mol. The Morgan fingerprint density at radius 3 is 2.52 bits per heavy atom. The van der Waals surface area contributed by atoms with Crippen molar-refractivity contribution in [2.75, 3.05) is 38.1 Å². The molecule has 0 aromatic carbocycles. The van der Waals surface area contributed by atoms with E-state index in [1.165, 1.54) is 12.8 Å². The van der Waals surface area contributed by atoms with Crippen molar-refractivity contribution >= 4 is 41.8 Å². The summed E-state index contributed by atoms with van der Waals surface area (Å²) in [5.74, 6) is 1.78. The van der Waals surface area contributed by atoms with Crippen LogP contribution >= 0.6 is 24.0 Å². The summed E-state index contributed by atoms with van der Waals surface area (Å²) in [5.41, 5.74) is 0.640. The van der Waals surface area contributed by atoms with Crippen molar-refractivity contribution < 1.29 is 9.53 Å². The Kier molecular flexibility index (Phi) is 8.35. The normalized spacial score (nSPS) is 17.4. The maximum Gasteiger partial charge on any atom is 0.410 e. The molecule has 9 heteroatoms. The van der Waals surface area contributed by atoms with Gasteiger partial charge in [0.15, 0.2) is 5.96 Å². The van der Waals surface area contributed by atoms with Crippen molar-refractivity contribution in [1.29, 1.82) is 0 Å². The van der Waals surface area contributed by atoms with Crippen LogP contribution in [0.15, 0.2) is 23.3 Å². The fourth-order valence-corrected chi connectivity index (χ4v) is 3.27. The molecule has 0 atom stereocenters. The quantitative estimate of drug-likeness (QED) is 0.364. The molecule has 3 rings (SSSR count). The number of pyridine rings is 1. The molecule has 0 saturated carbocycles. The third-order valence-corrected chi connectivity index (χ3v) is 4.80. The molecule has 8 nitrogen and oxygen atoms in total. The summed E-state index contributed by atoms with van der Waals surface area (Å²) in [7, 11) is 1.74. The van der Waals surface area contributed by atoms with Gasteiger partial charge in [-0.1, -0.05) is 6.07 Å². The summed E-state index contributed by atoms with van der Waals surface area (Å²) in [6.45, 7) is 9.70. The van der Waals surface area contributed by atoms with Gasteiger partial charge in [0.2, 0.25) is 0 Å². The standard InChI is InChI=1S/C20H32N6O2.HI/c1-20(2,3)28-19(27)26-13-16(14-26)24-18(21-4)23-12-15-7-8-17(22-11-15)25-9-5-6-10-25;/h7-8,11,16H,5-6,9-10,12-14H2,1-4H3,(H2,21,23,24);1H. The Labute approximate surface area is 190 Å². The molecule has 1 amide bonds. The van der Waals surface area contributed by atoms with E-state index in [2.05, 4.69) is 37.6 Å². The Balaban J connectivity index is 0.00000300. The maximum atomic E-state index is 12.0. The Morgan fingerprint density at radius 2 is 1.97 bits per heavy atom. The van der Waals surface area contributed by atoms with Gasteiger partial charge in [0.25, 0.3) is 0 Å². The summed E-state index contributed by atoms with van der Waals surface area (Å²) in [6, 6.07) is 4.37. The third-order valence-electron chi connectivity index (χ3n) is 4.80. The van der Waals surface area contributed by atoms with Crippen molar-refractivity contribution in [2.45, 2.75) is 51.8 Å². The number of carbonyl (C=O) groups excluding carboxylic acids is 1. The lowest BCUT2D eigenvalue weighted by molar-refractivity contribution is 0.00701. The summed E-state index contributed by atoms with van der Waals surface area (Å²) >= 11 is 0. The van der Waals surface area contributed by atoms with Gasteiger partial charge in [-0.3, -0.25) is 4.99 Å². The topological polar surface area (TPSA) is 82.1 Å². The summed E-state index contributed by atoms with van der Waals surface area (Å²) in [6.07, 6.45) is 4.15. The van der Waals surface area contributed by atoms with Crippen LogP contribution in [0.3, 0.4) is 0 Å². The lowest BCUT2D eigenvalue weighted by atomic mass is 10.1. The minimum absolute atomic E-state index is 0. The predicted octanol–water partition coefficient (Wildman–Crippen LogP) is 2.58. The van der Waals surface area contributed by atoms with E-state index in [9.17, 15) is 4.79 Å². The first-order valence-corrected chi connectivity index (χ1v) is 9.99. The van der Waals surface area contributed by atoms with Gasteiger partial charge in [0.1, 0.15) is 11.4 Å². The number of hydrogen-bond acceptors (Lipinski definition) is 5. The Morgan fingerprint density at radius 1 is 1.28 bits per heavy atom. The summed E-state index contributed by atoms with van der Waals surface area (Å²) in [4.78, 5) is 24.9. The van der Waals surface area contributed by atoms with Gasteiger partial charge in [0.05, 0.1) is 6.04 Å². The van der Waals surface area contributed by atoms with Crippen molar-refractivity contribution in [3.8, 4) is 0 Å². The third kappa shape index (κ3) is 6.90. The van der Waals surface area contributed by atoms with Crippen LogP contribution in [0.25, 0.3) is 0 Å². The highest BCUT2D eigenvalue weighted by molar-refractivity contribution is 14.0. The van der Waals surface area contributed by atoms with E-state index in [1.54, 1.807) is 11.9 Å². The average Bonchev–Trinajstić information content (AvgIpc) is 3.13. The first-order chi connectivity index (χ1) is 13.3. The first kappa shape index (κ1) is 23.5. The highest BCUT2D eigenvalue weighted by atomic mass is 127. The van der Waals surface area contributed by atoms with Crippen molar-refractivity contribution in [3.63, 3.8) is 0 Å². The fourth-order valence-electron chi connectivity index (χ4n) is 3.27. The van der Waals surface area contributed by atoms with E-state index >= 15 is 0 Å². The molecule has 2 aliphatic heterocycles. The number of aliphatic imine (C=N–C) groups is 1. The number of hydrogen-bond donors (Lipinski definition) is 2. The Bertz CT molecular complexity index is 692. The second-order valence-electron chi connectivity index (χ2n) is 8.37. The number of carbonyl (C=O) groups is 1. The average molecular weight is 516 g/mol. The minimum atomic E-state index is -0.467. The van der Waals surface area contributed by atoms with E-state index in [0.717, 1.165) is 30.4 Å². The SMILES string of the molecule is CN=C(NCc1ccc(N2CCCC2)nc1)NC1CN(C(=O)OC(C)(C)C)C1.I. The van der Waals surface area contributed by atoms with E-state index in [4.69, 9.17) is 4.74 Å². The largest absolute Gasteiger partial charge is 0.444 e. The fraction of sp³-hybridized carbons (Fsp3) is 0.650. The number of nitrogens with one attached hydrogen (secondary N) is 2. The number of rotatable bonds is 4. The molecule has 0 spiro atoms. The first-order valence-electron chi connectivity index (χ1n) is 9.99. The lowest BCUT2D eigenvalue weighted by Crippen LogP contribution is -2.63. The molecule has 3 heterocycles. The number of guanidine groups is 1. The second kappa shape index (κ2) is 10.3. The maximum absolute atomic E-state index is 12.0. The zero-order chi connectivity index (χ0) is 20.1. The van der Waals surface area contributed by atoms with Gasteiger partial charge >= 0.3 is 6.09 Å². The number of aromatic nitrogens is 1. The molecule has 1 aromatic heterocycles. The van der Waals surface area contributed by atoms with Crippen molar-refractivity contribution in [3.05, 3.63) is 23.9 Å². The van der Waals surface area contributed by atoms with E-state index in [-0.39, 0.29) is 36.1 Å². The van der Waals surface area contributed by atoms with Crippen LogP contribution in [0.4, 0.5) is 10.6 Å². The van der Waals surface area contributed by atoms with Gasteiger partial charge in [-0.2, -0.15) is 0 Å². The molecule has 0 radical (unpaired) electrons. The van der Waals surface area contributed by atoms with Crippen LogP contribution in [0.1, 0.15) is 39.2 Å². The molecule has 2 saturated heterocycles. The smallest absolute Gasteiger partial charge is 0.410 e. The minimum Gasteiger partial charge on any atom is -0.444 e. The molecular weight excluding hydrogens is 483 g/mol. The number of halogens is 1. The van der Waals surface area contributed by atoms with Crippen LogP contribution in [0.2, 0.25) is 0 Å². The van der Waals surface area contributed by atoms with Gasteiger partial charge in [0, 0.05) is 46.0 Å². The van der Waals surface area contributed by atoms with Crippen molar-refractivity contribution in [1.82, 2.24) is 20.5 Å². The number of amides is 1. The molecule has 2 N–H and O–H groups in total. The molecular formula is C20H33IN6O2. The number of likely N-dealkylation sites (tertiary alicyclic amines) is 1. The number of anilines is 1. The summed E-state index contributed by atoms with van der Waals surface area (Å²) in [5, 5.41) is 6.64. The molecule has 162 valence electrons. The van der Waals surface area contributed by atoms with Crippen LogP contribution in [0.5, 0.6) is 0 Å². The zero-order valence-electron chi connectivity index (χ0n) is 17.8. The van der Waals surface area contributed by atoms with Crippen LogP contribution in [-0.2, 0) is 11.3 Å². The molecule has 29 heavy (non-hydrogen) atoms. The Hall–Kier alpha value is -1.78. The van der Waals surface area contributed by atoms with Crippen LogP contribution in [0, 0.1) is 0 Å².